The van der Waals surface area contributed by atoms with Crippen LogP contribution >= 0.6 is 12.2 Å². The van der Waals surface area contributed by atoms with E-state index in [4.69, 9.17) is 21.7 Å². The van der Waals surface area contributed by atoms with E-state index in [9.17, 15) is 4.39 Å². The SMILES string of the molecule is CCc1ccc(-c2noc(C3=C(C)N(Cc4ccccc4C)C(=S)NC3c3ccc(F)cc3)n2)cc1. The van der Waals surface area contributed by atoms with E-state index in [1.54, 1.807) is 12.1 Å². The predicted molar refractivity (Wildman–Crippen MR) is 143 cm³/mol. The van der Waals surface area contributed by atoms with Crippen LogP contribution in [0.4, 0.5) is 4.39 Å². The van der Waals surface area contributed by atoms with Crippen LogP contribution in [0, 0.1) is 12.7 Å². The molecule has 5 nitrogen and oxygen atoms in total. The lowest BCUT2D eigenvalue weighted by molar-refractivity contribution is 0.396. The molecule has 4 aromatic rings. The molecule has 1 unspecified atom stereocenters. The minimum absolute atomic E-state index is 0.295. The summed E-state index contributed by atoms with van der Waals surface area (Å²) in [6.45, 7) is 6.82. The third kappa shape index (κ3) is 4.66. The minimum Gasteiger partial charge on any atom is -0.351 e. The van der Waals surface area contributed by atoms with E-state index in [0.717, 1.165) is 28.8 Å². The summed E-state index contributed by atoms with van der Waals surface area (Å²) in [5.41, 5.74) is 7.06. The van der Waals surface area contributed by atoms with Gasteiger partial charge in [0.25, 0.3) is 5.89 Å². The number of benzene rings is 3. The van der Waals surface area contributed by atoms with Crippen molar-refractivity contribution in [3.05, 3.63) is 112 Å². The molecule has 0 amide bonds. The second-order valence-corrected chi connectivity index (χ2v) is 9.31. The van der Waals surface area contributed by atoms with E-state index in [2.05, 4.69) is 48.6 Å². The molecule has 1 aliphatic heterocycles. The van der Waals surface area contributed by atoms with Gasteiger partial charge in [-0.3, -0.25) is 0 Å². The van der Waals surface area contributed by atoms with Gasteiger partial charge >= 0.3 is 0 Å². The van der Waals surface area contributed by atoms with Gasteiger partial charge in [0.1, 0.15) is 5.82 Å². The van der Waals surface area contributed by atoms with Crippen molar-refractivity contribution < 1.29 is 8.91 Å². The van der Waals surface area contributed by atoms with E-state index < -0.39 is 0 Å². The summed E-state index contributed by atoms with van der Waals surface area (Å²) < 4.78 is 19.5. The highest BCUT2D eigenvalue weighted by Gasteiger charge is 2.34. The van der Waals surface area contributed by atoms with E-state index in [1.165, 1.54) is 28.8 Å². The van der Waals surface area contributed by atoms with Crippen molar-refractivity contribution in [2.24, 2.45) is 0 Å². The molecule has 0 fully saturated rings. The van der Waals surface area contributed by atoms with Crippen LogP contribution in [-0.4, -0.2) is 20.2 Å². The summed E-state index contributed by atoms with van der Waals surface area (Å²) in [5, 5.41) is 8.30. The van der Waals surface area contributed by atoms with Crippen molar-refractivity contribution in [3.63, 3.8) is 0 Å². The molecule has 2 heterocycles. The van der Waals surface area contributed by atoms with Crippen molar-refractivity contribution >= 4 is 22.9 Å². The molecule has 0 saturated carbocycles. The zero-order valence-corrected chi connectivity index (χ0v) is 21.3. The standard InChI is InChI=1S/C29H27FN4OS/c1-4-20-9-11-22(12-10-20)27-32-28(35-33-27)25-19(3)34(17-23-8-6-5-7-18(23)2)29(36)31-26(25)21-13-15-24(30)16-14-21/h5-16,26H,4,17H2,1-3H3,(H,31,36). The van der Waals surface area contributed by atoms with Crippen molar-refractivity contribution in [2.75, 3.05) is 0 Å². The molecular weight excluding hydrogens is 471 g/mol. The van der Waals surface area contributed by atoms with Gasteiger partial charge in [0.15, 0.2) is 5.11 Å². The highest BCUT2D eigenvalue weighted by Crippen LogP contribution is 2.38. The van der Waals surface area contributed by atoms with Crippen LogP contribution in [0.25, 0.3) is 17.0 Å². The third-order valence-corrected chi connectivity index (χ3v) is 7.00. The van der Waals surface area contributed by atoms with Gasteiger partial charge in [-0.1, -0.05) is 72.7 Å². The summed E-state index contributed by atoms with van der Waals surface area (Å²) in [6, 6.07) is 22.4. The summed E-state index contributed by atoms with van der Waals surface area (Å²) in [6.07, 6.45) is 0.964. The molecule has 7 heteroatoms. The van der Waals surface area contributed by atoms with Crippen LogP contribution in [-0.2, 0) is 13.0 Å². The first-order valence-electron chi connectivity index (χ1n) is 12.0. The maximum absolute atomic E-state index is 13.7. The topological polar surface area (TPSA) is 54.2 Å². The van der Waals surface area contributed by atoms with Crippen LogP contribution in [0.2, 0.25) is 0 Å². The molecule has 1 N–H and O–H groups in total. The van der Waals surface area contributed by atoms with Gasteiger partial charge in [-0.15, -0.1) is 0 Å². The summed E-state index contributed by atoms with van der Waals surface area (Å²) in [5.74, 6) is 0.627. The fourth-order valence-electron chi connectivity index (χ4n) is 4.45. The fourth-order valence-corrected chi connectivity index (χ4v) is 4.77. The largest absolute Gasteiger partial charge is 0.351 e. The lowest BCUT2D eigenvalue weighted by atomic mass is 9.94. The van der Waals surface area contributed by atoms with Gasteiger partial charge in [-0.25, -0.2) is 4.39 Å². The maximum Gasteiger partial charge on any atom is 0.258 e. The number of rotatable bonds is 6. The lowest BCUT2D eigenvalue weighted by Crippen LogP contribution is -2.45. The number of nitrogens with one attached hydrogen (secondary N) is 1. The first-order chi connectivity index (χ1) is 17.4. The molecule has 1 aromatic heterocycles. The average molecular weight is 499 g/mol. The van der Waals surface area contributed by atoms with Crippen molar-refractivity contribution in [1.29, 1.82) is 0 Å². The number of aromatic nitrogens is 2. The molecule has 3 aromatic carbocycles. The van der Waals surface area contributed by atoms with Crippen LogP contribution in [0.3, 0.4) is 0 Å². The number of halogens is 1. The van der Waals surface area contributed by atoms with Crippen LogP contribution in [0.5, 0.6) is 0 Å². The fraction of sp³-hybridized carbons (Fsp3) is 0.207. The predicted octanol–water partition coefficient (Wildman–Crippen LogP) is 6.61. The van der Waals surface area contributed by atoms with E-state index in [0.29, 0.717) is 23.4 Å². The number of allylic oxidation sites excluding steroid dienone is 1. The van der Waals surface area contributed by atoms with Gasteiger partial charge in [0, 0.05) is 11.3 Å². The Morgan fingerprint density at radius 3 is 2.42 bits per heavy atom. The Balaban J connectivity index is 1.58. The first-order valence-corrected chi connectivity index (χ1v) is 12.4. The lowest BCUT2D eigenvalue weighted by Gasteiger charge is -2.37. The number of hydrogen-bond acceptors (Lipinski definition) is 4. The second-order valence-electron chi connectivity index (χ2n) is 8.92. The van der Waals surface area contributed by atoms with Crippen molar-refractivity contribution in [3.8, 4) is 11.4 Å². The Morgan fingerprint density at radius 2 is 1.72 bits per heavy atom. The monoisotopic (exact) mass is 498 g/mol. The number of hydrogen-bond donors (Lipinski definition) is 1. The number of aryl methyl sites for hydroxylation is 2. The molecule has 36 heavy (non-hydrogen) atoms. The summed E-state index contributed by atoms with van der Waals surface area (Å²) in [7, 11) is 0. The summed E-state index contributed by atoms with van der Waals surface area (Å²) >= 11 is 5.80. The quantitative estimate of drug-likeness (QED) is 0.302. The highest BCUT2D eigenvalue weighted by molar-refractivity contribution is 7.80. The Bertz CT molecular complexity index is 1430. The average Bonchev–Trinajstić information content (AvgIpc) is 3.37. The molecule has 0 spiro atoms. The van der Waals surface area contributed by atoms with Crippen LogP contribution in [0.15, 0.2) is 83.0 Å². The molecule has 0 bridgehead atoms. The van der Waals surface area contributed by atoms with Crippen LogP contribution < -0.4 is 5.32 Å². The summed E-state index contributed by atoms with van der Waals surface area (Å²) in [4.78, 5) is 6.82. The third-order valence-electron chi connectivity index (χ3n) is 6.67. The molecule has 0 aliphatic carbocycles. The van der Waals surface area contributed by atoms with Crippen molar-refractivity contribution in [2.45, 2.75) is 39.8 Å². The molecule has 1 atom stereocenters. The molecular formula is C29H27FN4OS. The zero-order chi connectivity index (χ0) is 25.2. The van der Waals surface area contributed by atoms with Gasteiger partial charge < -0.3 is 14.7 Å². The Labute approximate surface area is 215 Å². The Morgan fingerprint density at radius 1 is 1.00 bits per heavy atom. The van der Waals surface area contributed by atoms with Crippen molar-refractivity contribution in [1.82, 2.24) is 20.4 Å². The van der Waals surface area contributed by atoms with Gasteiger partial charge in [-0.2, -0.15) is 4.98 Å². The van der Waals surface area contributed by atoms with Gasteiger partial charge in [0.05, 0.1) is 18.2 Å². The van der Waals surface area contributed by atoms with Gasteiger partial charge in [0.2, 0.25) is 5.82 Å². The molecule has 1 aliphatic rings. The second kappa shape index (κ2) is 10.0. The zero-order valence-electron chi connectivity index (χ0n) is 20.5. The molecule has 5 rings (SSSR count). The van der Waals surface area contributed by atoms with E-state index >= 15 is 0 Å². The van der Waals surface area contributed by atoms with Gasteiger partial charge in [-0.05, 0) is 66.9 Å². The molecule has 0 saturated heterocycles. The maximum atomic E-state index is 13.7. The minimum atomic E-state index is -0.359. The number of thiocarbonyl (C=S) groups is 1. The number of nitrogens with zero attached hydrogens (tertiary/aromatic N) is 3. The van der Waals surface area contributed by atoms with E-state index in [1.807, 2.05) is 36.1 Å². The first kappa shape index (κ1) is 23.9. The normalized spacial score (nSPS) is 15.8. The Kier molecular flexibility index (Phi) is 6.65. The van der Waals surface area contributed by atoms with Crippen LogP contribution in [0.1, 0.15) is 48.0 Å². The molecule has 182 valence electrons. The molecule has 0 radical (unpaired) electrons. The van der Waals surface area contributed by atoms with E-state index in [-0.39, 0.29) is 11.9 Å². The highest BCUT2D eigenvalue weighted by atomic mass is 32.1. The smallest absolute Gasteiger partial charge is 0.258 e. The Hall–Kier alpha value is -3.84.